The number of esters is 1. The molecule has 0 aliphatic rings. The summed E-state index contributed by atoms with van der Waals surface area (Å²) >= 11 is 1.48. The van der Waals surface area contributed by atoms with E-state index in [9.17, 15) is 4.79 Å². The topological polar surface area (TPSA) is 57.7 Å². The number of nitrogens with zero attached hydrogens (tertiary/aromatic N) is 1. The van der Waals surface area contributed by atoms with Gasteiger partial charge in [-0.15, -0.1) is 17.9 Å². The van der Waals surface area contributed by atoms with Gasteiger partial charge in [0.2, 0.25) is 0 Å². The van der Waals surface area contributed by atoms with Gasteiger partial charge >= 0.3 is 5.97 Å². The maximum atomic E-state index is 11.8. The highest BCUT2D eigenvalue weighted by molar-refractivity contribution is 7.13. The maximum Gasteiger partial charge on any atom is 0.335 e. The van der Waals surface area contributed by atoms with Crippen molar-refractivity contribution in [3.05, 3.63) is 48.0 Å². The standard InChI is InChI=1S/C17H19NO4S/c1-4-9-21-12(2)17(19)22-10-13-11-23-16(18-13)14-7-5-6-8-15(14)20-3/h4-8,11-12H,1,9-10H2,2-3H3. The zero-order chi connectivity index (χ0) is 16.7. The van der Waals surface area contributed by atoms with Crippen molar-refractivity contribution >= 4 is 17.3 Å². The Morgan fingerprint density at radius 1 is 1.43 bits per heavy atom. The van der Waals surface area contributed by atoms with E-state index in [-0.39, 0.29) is 6.61 Å². The van der Waals surface area contributed by atoms with Crippen molar-refractivity contribution in [2.45, 2.75) is 19.6 Å². The van der Waals surface area contributed by atoms with Crippen LogP contribution >= 0.6 is 11.3 Å². The van der Waals surface area contributed by atoms with Crippen LogP contribution in [-0.2, 0) is 20.9 Å². The molecule has 1 atom stereocenters. The second-order valence-corrected chi connectivity index (χ2v) is 5.57. The second kappa shape index (κ2) is 8.45. The Bertz CT molecular complexity index is 668. The summed E-state index contributed by atoms with van der Waals surface area (Å²) < 4.78 is 15.8. The van der Waals surface area contributed by atoms with Gasteiger partial charge in [0, 0.05) is 5.38 Å². The van der Waals surface area contributed by atoms with Gasteiger partial charge in [-0.05, 0) is 19.1 Å². The van der Waals surface area contributed by atoms with E-state index in [0.29, 0.717) is 12.3 Å². The summed E-state index contributed by atoms with van der Waals surface area (Å²) in [6.07, 6.45) is 0.962. The van der Waals surface area contributed by atoms with E-state index in [2.05, 4.69) is 11.6 Å². The van der Waals surface area contributed by atoms with Crippen LogP contribution in [0.3, 0.4) is 0 Å². The SMILES string of the molecule is C=CCOC(C)C(=O)OCc1csc(-c2ccccc2OC)n1. The van der Waals surface area contributed by atoms with Crippen LogP contribution in [0.4, 0.5) is 0 Å². The second-order valence-electron chi connectivity index (χ2n) is 4.72. The highest BCUT2D eigenvalue weighted by atomic mass is 32.1. The molecule has 1 unspecified atom stereocenters. The van der Waals surface area contributed by atoms with Crippen LogP contribution in [0.1, 0.15) is 12.6 Å². The van der Waals surface area contributed by atoms with Crippen molar-refractivity contribution in [3.8, 4) is 16.3 Å². The predicted octanol–water partition coefficient (Wildman–Crippen LogP) is 3.45. The molecule has 0 aliphatic heterocycles. The monoisotopic (exact) mass is 333 g/mol. The summed E-state index contributed by atoms with van der Waals surface area (Å²) in [4.78, 5) is 16.3. The molecule has 0 saturated carbocycles. The van der Waals surface area contributed by atoms with Crippen molar-refractivity contribution in [1.82, 2.24) is 4.98 Å². The van der Waals surface area contributed by atoms with Crippen LogP contribution in [0.25, 0.3) is 10.6 Å². The summed E-state index contributed by atoms with van der Waals surface area (Å²) in [7, 11) is 1.62. The van der Waals surface area contributed by atoms with Crippen LogP contribution in [0.5, 0.6) is 5.75 Å². The smallest absolute Gasteiger partial charge is 0.335 e. The van der Waals surface area contributed by atoms with Crippen molar-refractivity contribution in [2.75, 3.05) is 13.7 Å². The van der Waals surface area contributed by atoms with Gasteiger partial charge in [0.1, 0.15) is 17.4 Å². The molecule has 0 radical (unpaired) electrons. The first kappa shape index (κ1) is 17.2. The predicted molar refractivity (Wildman–Crippen MR) is 89.5 cm³/mol. The molecule has 0 bridgehead atoms. The Hall–Kier alpha value is -2.18. The van der Waals surface area contributed by atoms with Crippen LogP contribution in [0.15, 0.2) is 42.3 Å². The van der Waals surface area contributed by atoms with Crippen molar-refractivity contribution in [2.24, 2.45) is 0 Å². The summed E-state index contributed by atoms with van der Waals surface area (Å²) in [5.41, 5.74) is 1.61. The Kier molecular flexibility index (Phi) is 6.31. The van der Waals surface area contributed by atoms with Crippen molar-refractivity contribution < 1.29 is 19.0 Å². The Morgan fingerprint density at radius 2 is 2.22 bits per heavy atom. The lowest BCUT2D eigenvalue weighted by Crippen LogP contribution is -2.23. The van der Waals surface area contributed by atoms with Gasteiger partial charge < -0.3 is 14.2 Å². The first-order chi connectivity index (χ1) is 11.2. The average Bonchev–Trinajstić information content (AvgIpc) is 3.06. The quantitative estimate of drug-likeness (QED) is 0.547. The van der Waals surface area contributed by atoms with Gasteiger partial charge in [-0.1, -0.05) is 18.2 Å². The Balaban J connectivity index is 1.97. The number of benzene rings is 1. The van der Waals surface area contributed by atoms with E-state index < -0.39 is 12.1 Å². The van der Waals surface area contributed by atoms with Gasteiger partial charge in [-0.3, -0.25) is 0 Å². The minimum absolute atomic E-state index is 0.117. The summed E-state index contributed by atoms with van der Waals surface area (Å²) in [6, 6.07) is 7.66. The highest BCUT2D eigenvalue weighted by Crippen LogP contribution is 2.31. The third kappa shape index (κ3) is 4.64. The van der Waals surface area contributed by atoms with Crippen molar-refractivity contribution in [1.29, 1.82) is 0 Å². The van der Waals surface area contributed by atoms with Crippen LogP contribution in [0, 0.1) is 0 Å². The zero-order valence-corrected chi connectivity index (χ0v) is 14.0. The first-order valence-corrected chi connectivity index (χ1v) is 8.00. The molecule has 0 amide bonds. The fourth-order valence-corrected chi connectivity index (χ4v) is 2.70. The number of hydrogen-bond donors (Lipinski definition) is 0. The Morgan fingerprint density at radius 3 is 2.96 bits per heavy atom. The highest BCUT2D eigenvalue weighted by Gasteiger charge is 2.16. The molecule has 1 aromatic carbocycles. The number of carbonyl (C=O) groups excluding carboxylic acids is 1. The van der Waals surface area contributed by atoms with E-state index in [4.69, 9.17) is 14.2 Å². The zero-order valence-electron chi connectivity index (χ0n) is 13.2. The molecule has 1 aromatic heterocycles. The molecule has 0 aliphatic carbocycles. The largest absolute Gasteiger partial charge is 0.496 e. The molecule has 0 N–H and O–H groups in total. The minimum atomic E-state index is -0.625. The number of aromatic nitrogens is 1. The van der Waals surface area contributed by atoms with E-state index in [1.165, 1.54) is 11.3 Å². The molecule has 0 saturated heterocycles. The molecular weight excluding hydrogens is 314 g/mol. The average molecular weight is 333 g/mol. The van der Waals surface area contributed by atoms with E-state index >= 15 is 0 Å². The van der Waals surface area contributed by atoms with E-state index in [1.807, 2.05) is 29.6 Å². The van der Waals surface area contributed by atoms with E-state index in [0.717, 1.165) is 16.3 Å². The molecule has 0 spiro atoms. The normalized spacial score (nSPS) is 11.7. The molecule has 2 aromatic rings. The summed E-state index contributed by atoms with van der Waals surface area (Å²) in [5.74, 6) is 0.343. The number of para-hydroxylation sites is 1. The molecule has 122 valence electrons. The van der Waals surface area contributed by atoms with Gasteiger partial charge in [0.05, 0.1) is 25.0 Å². The molecule has 5 nitrogen and oxygen atoms in total. The third-order valence-electron chi connectivity index (χ3n) is 3.05. The molecular formula is C17H19NO4S. The minimum Gasteiger partial charge on any atom is -0.496 e. The van der Waals surface area contributed by atoms with Gasteiger partial charge in [-0.2, -0.15) is 0 Å². The fraction of sp³-hybridized carbons (Fsp3) is 0.294. The van der Waals surface area contributed by atoms with Gasteiger partial charge in [-0.25, -0.2) is 9.78 Å². The number of hydrogen-bond acceptors (Lipinski definition) is 6. The lowest BCUT2D eigenvalue weighted by Gasteiger charge is -2.10. The van der Waals surface area contributed by atoms with Gasteiger partial charge in [0.15, 0.2) is 6.10 Å². The molecule has 0 fully saturated rings. The van der Waals surface area contributed by atoms with Crippen LogP contribution in [-0.4, -0.2) is 30.8 Å². The number of rotatable bonds is 8. The van der Waals surface area contributed by atoms with Crippen LogP contribution < -0.4 is 4.74 Å². The van der Waals surface area contributed by atoms with Gasteiger partial charge in [0.25, 0.3) is 0 Å². The fourth-order valence-electron chi connectivity index (χ4n) is 1.86. The number of carbonyl (C=O) groups is 1. The maximum absolute atomic E-state index is 11.8. The summed E-state index contributed by atoms with van der Waals surface area (Å²) in [5, 5.41) is 2.69. The molecule has 1 heterocycles. The number of methoxy groups -OCH3 is 1. The summed E-state index contributed by atoms with van der Waals surface area (Å²) in [6.45, 7) is 5.61. The van der Waals surface area contributed by atoms with Crippen molar-refractivity contribution in [3.63, 3.8) is 0 Å². The number of ether oxygens (including phenoxy) is 3. The lowest BCUT2D eigenvalue weighted by molar-refractivity contribution is -0.156. The van der Waals surface area contributed by atoms with Crippen LogP contribution in [0.2, 0.25) is 0 Å². The molecule has 2 rings (SSSR count). The first-order valence-electron chi connectivity index (χ1n) is 7.12. The molecule has 6 heteroatoms. The van der Waals surface area contributed by atoms with E-state index in [1.54, 1.807) is 20.1 Å². The lowest BCUT2D eigenvalue weighted by atomic mass is 10.2. The molecule has 23 heavy (non-hydrogen) atoms. The third-order valence-corrected chi connectivity index (χ3v) is 3.97. The number of thiazole rings is 1. The Labute approximate surface area is 139 Å².